The summed E-state index contributed by atoms with van der Waals surface area (Å²) in [5, 5.41) is 7.62. The average molecular weight is 367 g/mol. The predicted molar refractivity (Wildman–Crippen MR) is 102 cm³/mol. The summed E-state index contributed by atoms with van der Waals surface area (Å²) in [6, 6.07) is 26.2. The Morgan fingerprint density at radius 2 is 1.23 bits per heavy atom. The summed E-state index contributed by atoms with van der Waals surface area (Å²) in [6.45, 7) is 2.44. The van der Waals surface area contributed by atoms with Crippen LogP contribution < -0.4 is 5.48 Å². The molecule has 0 fully saturated rings. The van der Waals surface area contributed by atoms with Crippen molar-refractivity contribution in [1.29, 1.82) is 0 Å². The quantitative estimate of drug-likeness (QED) is 0.692. The molecule has 134 valence electrons. The van der Waals surface area contributed by atoms with E-state index in [0.29, 0.717) is 11.4 Å². The number of hydrogen-bond acceptors (Lipinski definition) is 4. The van der Waals surface area contributed by atoms with Gasteiger partial charge in [-0.15, -0.1) is 0 Å². The summed E-state index contributed by atoms with van der Waals surface area (Å²) >= 11 is 0. The number of rotatable bonds is 3. The molecule has 1 aliphatic heterocycles. The largest absolute Gasteiger partial charge is 0.317 e. The van der Waals surface area contributed by atoms with Crippen LogP contribution in [0.2, 0.25) is 0 Å². The highest BCUT2D eigenvalue weighted by molar-refractivity contribution is 7.94. The highest BCUT2D eigenvalue weighted by Gasteiger charge is 2.59. The standard InChI is InChI=1S/C19H14O2S.C2H7NO/c20-22(21)18-14-8-7-13-17(18)19(22,15-9-3-1-4-10-15)16-11-5-2-6-12-16;1-2-3-4/h1-14H;3-4H,2H2,1H3. The number of hydrogen-bond donors (Lipinski definition) is 2. The number of benzene rings is 3. The zero-order valence-corrected chi connectivity index (χ0v) is 15.3. The molecule has 1 aliphatic rings. The molecular weight excluding hydrogens is 346 g/mol. The molecule has 4 nitrogen and oxygen atoms in total. The fourth-order valence-corrected chi connectivity index (χ4v) is 5.69. The Morgan fingerprint density at radius 1 is 0.808 bits per heavy atom. The molecule has 0 amide bonds. The minimum atomic E-state index is -3.45. The molecule has 3 aromatic rings. The van der Waals surface area contributed by atoms with Gasteiger partial charge in [0.25, 0.3) is 0 Å². The molecule has 4 rings (SSSR count). The van der Waals surface area contributed by atoms with E-state index in [0.717, 1.165) is 16.7 Å². The van der Waals surface area contributed by atoms with Crippen LogP contribution in [0.3, 0.4) is 0 Å². The summed E-state index contributed by atoms with van der Waals surface area (Å²) < 4.78 is 25.2. The van der Waals surface area contributed by atoms with Crippen LogP contribution in [0.25, 0.3) is 0 Å². The molecule has 0 aliphatic carbocycles. The van der Waals surface area contributed by atoms with Crippen LogP contribution >= 0.6 is 0 Å². The molecule has 0 radical (unpaired) electrons. The Kier molecular flexibility index (Phi) is 5.23. The monoisotopic (exact) mass is 367 g/mol. The lowest BCUT2D eigenvalue weighted by atomic mass is 9.83. The zero-order valence-electron chi connectivity index (χ0n) is 14.5. The van der Waals surface area contributed by atoms with Crippen molar-refractivity contribution in [2.45, 2.75) is 16.6 Å². The van der Waals surface area contributed by atoms with Gasteiger partial charge in [-0.3, -0.25) is 0 Å². The van der Waals surface area contributed by atoms with Gasteiger partial charge in [0.1, 0.15) is 0 Å². The third-order valence-electron chi connectivity index (χ3n) is 4.48. The van der Waals surface area contributed by atoms with Gasteiger partial charge in [-0.25, -0.2) is 13.9 Å². The van der Waals surface area contributed by atoms with Crippen molar-refractivity contribution in [1.82, 2.24) is 5.48 Å². The van der Waals surface area contributed by atoms with Crippen LogP contribution in [0.4, 0.5) is 0 Å². The summed E-state index contributed by atoms with van der Waals surface area (Å²) in [5.41, 5.74) is 4.37. The van der Waals surface area contributed by atoms with E-state index in [4.69, 9.17) is 5.21 Å². The Bertz CT molecular complexity index is 929. The Morgan fingerprint density at radius 3 is 1.69 bits per heavy atom. The highest BCUT2D eigenvalue weighted by atomic mass is 32.2. The fourth-order valence-electron chi connectivity index (χ4n) is 3.39. The first-order valence-electron chi connectivity index (χ1n) is 8.42. The second-order valence-corrected chi connectivity index (χ2v) is 7.98. The second-order valence-electron chi connectivity index (χ2n) is 5.92. The number of sulfone groups is 1. The Balaban J connectivity index is 0.000000447. The zero-order chi connectivity index (χ0) is 18.6. The maximum Gasteiger partial charge on any atom is 0.197 e. The van der Waals surface area contributed by atoms with Crippen molar-refractivity contribution in [2.75, 3.05) is 6.54 Å². The van der Waals surface area contributed by atoms with Crippen LogP contribution in [0.15, 0.2) is 89.8 Å². The van der Waals surface area contributed by atoms with Gasteiger partial charge in [-0.05, 0) is 17.2 Å². The molecule has 3 aromatic carbocycles. The molecule has 2 N–H and O–H groups in total. The molecule has 1 heterocycles. The SMILES string of the molecule is CCNO.O=S1(=O)c2ccccc2C1(c1ccccc1)c1ccccc1. The molecule has 0 saturated heterocycles. The van der Waals surface area contributed by atoms with Gasteiger partial charge in [0, 0.05) is 12.1 Å². The predicted octanol–water partition coefficient (Wildman–Crippen LogP) is 3.75. The average Bonchev–Trinajstić information content (AvgIpc) is 2.70. The third-order valence-corrected chi connectivity index (χ3v) is 6.91. The summed E-state index contributed by atoms with van der Waals surface area (Å²) in [7, 11) is -3.45. The van der Waals surface area contributed by atoms with Crippen LogP contribution in [-0.2, 0) is 14.6 Å². The number of hydroxylamine groups is 1. The topological polar surface area (TPSA) is 66.4 Å². The first-order valence-corrected chi connectivity index (χ1v) is 9.91. The first kappa shape index (κ1) is 18.3. The van der Waals surface area contributed by atoms with E-state index in [1.165, 1.54) is 0 Å². The molecule has 0 spiro atoms. The summed E-state index contributed by atoms with van der Waals surface area (Å²) in [6.07, 6.45) is 0. The molecule has 0 bridgehead atoms. The van der Waals surface area contributed by atoms with Gasteiger partial charge < -0.3 is 5.21 Å². The third kappa shape index (κ3) is 2.65. The van der Waals surface area contributed by atoms with Crippen molar-refractivity contribution in [3.05, 3.63) is 102 Å². The molecule has 0 saturated carbocycles. The normalized spacial score (nSPS) is 15.8. The van der Waals surface area contributed by atoms with Crippen LogP contribution in [0.5, 0.6) is 0 Å². The molecule has 26 heavy (non-hydrogen) atoms. The molecular formula is C21H21NO3S. The van der Waals surface area contributed by atoms with Crippen molar-refractivity contribution in [3.63, 3.8) is 0 Å². The van der Waals surface area contributed by atoms with Gasteiger partial charge in [-0.1, -0.05) is 85.8 Å². The number of nitrogens with one attached hydrogen (secondary N) is 1. The molecule has 0 atom stereocenters. The lowest BCUT2D eigenvalue weighted by Crippen LogP contribution is -2.47. The minimum Gasteiger partial charge on any atom is -0.317 e. The van der Waals surface area contributed by atoms with Crippen molar-refractivity contribution in [2.24, 2.45) is 0 Å². The summed E-state index contributed by atoms with van der Waals surface area (Å²) in [4.78, 5) is 0.433. The maximum atomic E-state index is 13.2. The van der Waals surface area contributed by atoms with Gasteiger partial charge >= 0.3 is 0 Å². The maximum absolute atomic E-state index is 13.2. The molecule has 0 aromatic heterocycles. The molecule has 5 heteroatoms. The smallest absolute Gasteiger partial charge is 0.197 e. The lowest BCUT2D eigenvalue weighted by molar-refractivity contribution is 0.173. The van der Waals surface area contributed by atoms with Gasteiger partial charge in [0.15, 0.2) is 14.6 Å². The lowest BCUT2D eigenvalue weighted by Gasteiger charge is -2.43. The Labute approximate surface area is 154 Å². The van der Waals surface area contributed by atoms with Crippen molar-refractivity contribution in [3.8, 4) is 0 Å². The van der Waals surface area contributed by atoms with Gasteiger partial charge in [-0.2, -0.15) is 0 Å². The minimum absolute atomic E-state index is 0.433. The van der Waals surface area contributed by atoms with E-state index < -0.39 is 14.6 Å². The van der Waals surface area contributed by atoms with Crippen LogP contribution in [0, 0.1) is 0 Å². The van der Waals surface area contributed by atoms with E-state index in [-0.39, 0.29) is 0 Å². The molecule has 0 unspecified atom stereocenters. The van der Waals surface area contributed by atoms with Crippen molar-refractivity contribution >= 4 is 9.84 Å². The van der Waals surface area contributed by atoms with E-state index in [2.05, 4.69) is 0 Å². The second kappa shape index (κ2) is 7.41. The van der Waals surface area contributed by atoms with Gasteiger partial charge in [0.2, 0.25) is 0 Å². The van der Waals surface area contributed by atoms with Crippen LogP contribution in [0.1, 0.15) is 23.6 Å². The van der Waals surface area contributed by atoms with E-state index in [9.17, 15) is 8.42 Å². The van der Waals surface area contributed by atoms with Crippen LogP contribution in [-0.4, -0.2) is 20.2 Å². The first-order chi connectivity index (χ1) is 12.6. The Hall–Kier alpha value is -2.47. The van der Waals surface area contributed by atoms with Gasteiger partial charge in [0.05, 0.1) is 4.90 Å². The highest BCUT2D eigenvalue weighted by Crippen LogP contribution is 2.56. The fraction of sp³-hybridized carbons (Fsp3) is 0.143. The van der Waals surface area contributed by atoms with E-state index in [1.807, 2.05) is 85.2 Å². The number of fused-ring (bicyclic) bond motifs is 1. The van der Waals surface area contributed by atoms with Crippen molar-refractivity contribution < 1.29 is 13.6 Å². The van der Waals surface area contributed by atoms with E-state index in [1.54, 1.807) is 12.1 Å². The van der Waals surface area contributed by atoms with E-state index >= 15 is 0 Å². The summed E-state index contributed by atoms with van der Waals surface area (Å²) in [5.74, 6) is 0.